The van der Waals surface area contributed by atoms with E-state index >= 15 is 0 Å². The number of carbonyl (C=O) groups excluding carboxylic acids is 2. The second-order valence-electron chi connectivity index (χ2n) is 6.75. The highest BCUT2D eigenvalue weighted by Gasteiger charge is 2.52. The Hall–Kier alpha value is -3.06. The number of hydrogen-bond acceptors (Lipinski definition) is 5. The van der Waals surface area contributed by atoms with Gasteiger partial charge in [0, 0.05) is 5.69 Å². The molecule has 1 saturated heterocycles. The molecule has 0 aliphatic carbocycles. The highest BCUT2D eigenvalue weighted by atomic mass is 16.5. The van der Waals surface area contributed by atoms with Crippen LogP contribution in [0, 0.1) is 11.8 Å². The summed E-state index contributed by atoms with van der Waals surface area (Å²) in [5.74, 6) is -0.227. The van der Waals surface area contributed by atoms with Gasteiger partial charge in [-0.05, 0) is 43.3 Å². The first-order chi connectivity index (χ1) is 13.7. The zero-order chi connectivity index (χ0) is 19.5. The van der Waals surface area contributed by atoms with Gasteiger partial charge in [-0.15, -0.1) is 0 Å². The summed E-state index contributed by atoms with van der Waals surface area (Å²) >= 11 is 0. The largest absolute Gasteiger partial charge is 0.494 e. The van der Waals surface area contributed by atoms with Crippen molar-refractivity contribution in [3.8, 4) is 5.75 Å². The van der Waals surface area contributed by atoms with E-state index in [9.17, 15) is 9.59 Å². The molecule has 0 spiro atoms. The summed E-state index contributed by atoms with van der Waals surface area (Å²) in [5, 5.41) is 5.72. The molecular weight excluding hydrogens is 360 g/mol. The lowest BCUT2D eigenvalue weighted by Gasteiger charge is -2.23. The summed E-state index contributed by atoms with van der Waals surface area (Å²) in [5.41, 5.74) is 0.648. The topological polar surface area (TPSA) is 89.8 Å². The Morgan fingerprint density at radius 1 is 1.04 bits per heavy atom. The molecule has 7 heteroatoms. The smallest absolute Gasteiger partial charge is 0.231 e. The van der Waals surface area contributed by atoms with Crippen LogP contribution >= 0.6 is 0 Å². The molecule has 146 valence electrons. The highest BCUT2D eigenvalue weighted by molar-refractivity contribution is 5.97. The lowest BCUT2D eigenvalue weighted by Crippen LogP contribution is -2.44. The second-order valence-corrected chi connectivity index (χ2v) is 6.75. The maximum atomic E-state index is 12.9. The fraction of sp³-hybridized carbons (Fsp3) is 0.333. The average molecular weight is 382 g/mol. The zero-order valence-electron chi connectivity index (χ0n) is 15.5. The van der Waals surface area contributed by atoms with Gasteiger partial charge < -0.3 is 24.5 Å². The van der Waals surface area contributed by atoms with Gasteiger partial charge in [0.15, 0.2) is 0 Å². The maximum Gasteiger partial charge on any atom is 0.231 e. The van der Waals surface area contributed by atoms with Gasteiger partial charge in [-0.3, -0.25) is 9.59 Å². The molecule has 4 atom stereocenters. The maximum absolute atomic E-state index is 12.9. The van der Waals surface area contributed by atoms with E-state index in [1.54, 1.807) is 42.7 Å². The molecule has 1 fully saturated rings. The summed E-state index contributed by atoms with van der Waals surface area (Å²) in [6.07, 6.45) is 4.47. The monoisotopic (exact) mass is 382 g/mol. The zero-order valence-corrected chi connectivity index (χ0v) is 15.5. The Morgan fingerprint density at radius 3 is 2.39 bits per heavy atom. The van der Waals surface area contributed by atoms with Crippen LogP contribution in [0.2, 0.25) is 0 Å². The first kappa shape index (κ1) is 18.3. The van der Waals surface area contributed by atoms with Crippen LogP contribution in [0.3, 0.4) is 0 Å². The molecule has 2 aromatic rings. The van der Waals surface area contributed by atoms with Gasteiger partial charge in [-0.2, -0.15) is 0 Å². The summed E-state index contributed by atoms with van der Waals surface area (Å²) in [6.45, 7) is 2.77. The number of nitrogens with one attached hydrogen (secondary N) is 2. The second kappa shape index (κ2) is 7.90. The van der Waals surface area contributed by atoms with Gasteiger partial charge in [0.05, 0.1) is 43.5 Å². The number of furan rings is 1. The van der Waals surface area contributed by atoms with E-state index in [0.29, 0.717) is 18.1 Å². The fourth-order valence-corrected chi connectivity index (χ4v) is 3.67. The summed E-state index contributed by atoms with van der Waals surface area (Å²) < 4.78 is 16.4. The lowest BCUT2D eigenvalue weighted by molar-refractivity contribution is -0.131. The molecule has 1 aromatic heterocycles. The van der Waals surface area contributed by atoms with E-state index in [-0.39, 0.29) is 18.4 Å². The van der Waals surface area contributed by atoms with Gasteiger partial charge in [0.25, 0.3) is 0 Å². The van der Waals surface area contributed by atoms with Crippen LogP contribution in [0.25, 0.3) is 0 Å². The van der Waals surface area contributed by atoms with Crippen LogP contribution in [0.1, 0.15) is 12.7 Å². The van der Waals surface area contributed by atoms with E-state index in [4.69, 9.17) is 13.9 Å². The number of anilines is 1. The minimum atomic E-state index is -0.585. The molecule has 2 bridgehead atoms. The van der Waals surface area contributed by atoms with Crippen molar-refractivity contribution in [2.75, 3.05) is 11.9 Å². The predicted molar refractivity (Wildman–Crippen MR) is 102 cm³/mol. The molecule has 28 heavy (non-hydrogen) atoms. The van der Waals surface area contributed by atoms with Gasteiger partial charge in [-0.1, -0.05) is 12.2 Å². The third kappa shape index (κ3) is 3.66. The average Bonchev–Trinajstić information content (AvgIpc) is 3.45. The molecule has 7 nitrogen and oxygen atoms in total. The molecule has 0 unspecified atom stereocenters. The Labute approximate surface area is 162 Å². The number of hydrogen-bond donors (Lipinski definition) is 2. The van der Waals surface area contributed by atoms with E-state index < -0.39 is 24.0 Å². The van der Waals surface area contributed by atoms with E-state index in [2.05, 4.69) is 10.6 Å². The minimum absolute atomic E-state index is 0.222. The van der Waals surface area contributed by atoms with Gasteiger partial charge in [-0.25, -0.2) is 0 Å². The SMILES string of the molecule is CCOc1ccc(NC(=O)[C@H]2[C@@H](C(=O)NCc3ccco3)[C@@H]3C=C[C@H]2O3)cc1. The summed E-state index contributed by atoms with van der Waals surface area (Å²) in [4.78, 5) is 25.7. The third-order valence-corrected chi connectivity index (χ3v) is 4.95. The number of amides is 2. The van der Waals surface area contributed by atoms with Crippen molar-refractivity contribution in [3.63, 3.8) is 0 Å². The normalized spacial score (nSPS) is 24.9. The van der Waals surface area contributed by atoms with E-state index in [1.165, 1.54) is 0 Å². The summed E-state index contributed by atoms with van der Waals surface area (Å²) in [7, 11) is 0. The van der Waals surface area contributed by atoms with E-state index in [0.717, 1.165) is 5.75 Å². The highest BCUT2D eigenvalue weighted by Crippen LogP contribution is 2.40. The van der Waals surface area contributed by atoms with Crippen molar-refractivity contribution in [3.05, 3.63) is 60.6 Å². The van der Waals surface area contributed by atoms with Crippen LogP contribution < -0.4 is 15.4 Å². The Kier molecular flexibility index (Phi) is 5.16. The molecule has 1 aromatic carbocycles. The fourth-order valence-electron chi connectivity index (χ4n) is 3.67. The van der Waals surface area contributed by atoms with Crippen molar-refractivity contribution >= 4 is 17.5 Å². The third-order valence-electron chi connectivity index (χ3n) is 4.95. The molecule has 0 radical (unpaired) electrons. The number of fused-ring (bicyclic) bond motifs is 2. The standard InChI is InChI=1S/C21H22N2O5/c1-2-26-14-7-5-13(6-8-14)23-21(25)19-17-10-9-16(28-17)18(19)20(24)22-12-15-4-3-11-27-15/h3-11,16-19H,2,12H2,1H3,(H,22,24)(H,23,25)/t16-,17+,18-,19+/m0/s1. The number of ether oxygens (including phenoxy) is 2. The molecule has 3 heterocycles. The van der Waals surface area contributed by atoms with Crippen LogP contribution in [0.15, 0.2) is 59.2 Å². The minimum Gasteiger partial charge on any atom is -0.494 e. The Morgan fingerprint density at radius 2 is 1.75 bits per heavy atom. The number of benzene rings is 1. The Bertz CT molecular complexity index is 859. The number of carbonyl (C=O) groups is 2. The molecule has 2 aliphatic rings. The van der Waals surface area contributed by atoms with Crippen LogP contribution in [-0.2, 0) is 20.9 Å². The predicted octanol–water partition coefficient (Wildman–Crippen LogP) is 2.50. The van der Waals surface area contributed by atoms with Crippen molar-refractivity contribution in [1.29, 1.82) is 0 Å². The lowest BCUT2D eigenvalue weighted by atomic mass is 9.81. The molecule has 2 aliphatic heterocycles. The van der Waals surface area contributed by atoms with Crippen molar-refractivity contribution in [2.45, 2.75) is 25.7 Å². The van der Waals surface area contributed by atoms with Crippen LogP contribution in [0.5, 0.6) is 5.75 Å². The van der Waals surface area contributed by atoms with E-state index in [1.807, 2.05) is 19.1 Å². The van der Waals surface area contributed by atoms with Gasteiger partial charge in [0.2, 0.25) is 11.8 Å². The summed E-state index contributed by atoms with van der Waals surface area (Å²) in [6, 6.07) is 10.7. The first-order valence-corrected chi connectivity index (χ1v) is 9.33. The molecule has 0 saturated carbocycles. The van der Waals surface area contributed by atoms with Gasteiger partial charge in [0.1, 0.15) is 11.5 Å². The van der Waals surface area contributed by atoms with Crippen LogP contribution in [-0.4, -0.2) is 30.6 Å². The molecule has 2 amide bonds. The Balaban J connectivity index is 1.43. The first-order valence-electron chi connectivity index (χ1n) is 9.33. The number of rotatable bonds is 7. The quantitative estimate of drug-likeness (QED) is 0.718. The molecule has 2 N–H and O–H groups in total. The van der Waals surface area contributed by atoms with Crippen molar-refractivity contribution < 1.29 is 23.5 Å². The van der Waals surface area contributed by atoms with Crippen molar-refractivity contribution in [2.24, 2.45) is 11.8 Å². The van der Waals surface area contributed by atoms with Crippen LogP contribution in [0.4, 0.5) is 5.69 Å². The van der Waals surface area contributed by atoms with Gasteiger partial charge >= 0.3 is 0 Å². The molecular formula is C21H22N2O5. The molecule has 4 rings (SSSR count). The van der Waals surface area contributed by atoms with Crippen molar-refractivity contribution in [1.82, 2.24) is 5.32 Å².